The molecule has 2 N–H and O–H groups in total. The van der Waals surface area contributed by atoms with Gasteiger partial charge in [0.2, 0.25) is 0 Å². The highest BCUT2D eigenvalue weighted by Gasteiger charge is 2.08. The quantitative estimate of drug-likeness (QED) is 0.885. The Morgan fingerprint density at radius 3 is 2.65 bits per heavy atom. The van der Waals surface area contributed by atoms with Crippen LogP contribution in [0.4, 0.5) is 4.39 Å². The van der Waals surface area contributed by atoms with Gasteiger partial charge in [-0.2, -0.15) is 0 Å². The Morgan fingerprint density at radius 1 is 1.24 bits per heavy atom. The van der Waals surface area contributed by atoms with Crippen molar-refractivity contribution in [3.63, 3.8) is 0 Å². The molecule has 3 nitrogen and oxygen atoms in total. The van der Waals surface area contributed by atoms with Crippen molar-refractivity contribution in [1.82, 2.24) is 0 Å². The third-order valence-electron chi connectivity index (χ3n) is 2.53. The van der Waals surface area contributed by atoms with Gasteiger partial charge >= 0.3 is 0 Å². The molecule has 0 spiro atoms. The molecule has 0 amide bonds. The first-order valence-electron chi connectivity index (χ1n) is 5.33. The maximum Gasteiger partial charge on any atom is 0.123 e. The largest absolute Gasteiger partial charge is 0.496 e. The Labute approximate surface area is 99.0 Å². The zero-order valence-corrected chi connectivity index (χ0v) is 9.57. The second-order valence-corrected chi connectivity index (χ2v) is 3.71. The summed E-state index contributed by atoms with van der Waals surface area (Å²) in [6.07, 6.45) is 0.487. The molecule has 0 bridgehead atoms. The van der Waals surface area contributed by atoms with Crippen LogP contribution in [0.15, 0.2) is 34.7 Å². The van der Waals surface area contributed by atoms with Crippen molar-refractivity contribution >= 4 is 0 Å². The average molecular weight is 235 g/mol. The van der Waals surface area contributed by atoms with Crippen molar-refractivity contribution in [2.45, 2.75) is 13.0 Å². The zero-order valence-electron chi connectivity index (χ0n) is 9.57. The molecule has 4 heteroatoms. The number of halogens is 1. The fourth-order valence-electron chi connectivity index (χ4n) is 1.70. The third-order valence-corrected chi connectivity index (χ3v) is 2.53. The lowest BCUT2D eigenvalue weighted by atomic mass is 10.1. The third kappa shape index (κ3) is 2.65. The van der Waals surface area contributed by atoms with E-state index in [2.05, 4.69) is 0 Å². The van der Waals surface area contributed by atoms with Gasteiger partial charge in [-0.3, -0.25) is 0 Å². The maximum atomic E-state index is 13.2. The normalized spacial score (nSPS) is 10.5. The highest BCUT2D eigenvalue weighted by Crippen LogP contribution is 2.23. The van der Waals surface area contributed by atoms with Gasteiger partial charge in [-0.1, -0.05) is 0 Å². The van der Waals surface area contributed by atoms with Crippen molar-refractivity contribution in [2.75, 3.05) is 7.11 Å². The van der Waals surface area contributed by atoms with Crippen molar-refractivity contribution in [1.29, 1.82) is 0 Å². The van der Waals surface area contributed by atoms with Gasteiger partial charge in [0.1, 0.15) is 23.1 Å². The van der Waals surface area contributed by atoms with Crippen LogP contribution in [0.3, 0.4) is 0 Å². The summed E-state index contributed by atoms with van der Waals surface area (Å²) in [4.78, 5) is 0. The van der Waals surface area contributed by atoms with Crippen molar-refractivity contribution in [2.24, 2.45) is 5.73 Å². The average Bonchev–Trinajstić information content (AvgIpc) is 2.77. The predicted octanol–water partition coefficient (Wildman–Crippen LogP) is 2.48. The highest BCUT2D eigenvalue weighted by atomic mass is 19.1. The van der Waals surface area contributed by atoms with E-state index in [1.54, 1.807) is 13.2 Å². The molecule has 1 heterocycles. The standard InChI is InChI=1S/C13H14FNO2/c1-16-13-5-2-10(14)6-9(13)7-11-3-4-12(8-15)17-11/h2-6H,7-8,15H2,1H3. The summed E-state index contributed by atoms with van der Waals surface area (Å²) in [5, 5.41) is 0. The second-order valence-electron chi connectivity index (χ2n) is 3.71. The van der Waals surface area contributed by atoms with E-state index in [0.717, 1.165) is 17.1 Å². The topological polar surface area (TPSA) is 48.4 Å². The first kappa shape index (κ1) is 11.7. The molecule has 1 aromatic carbocycles. The lowest BCUT2D eigenvalue weighted by Crippen LogP contribution is -1.95. The Kier molecular flexibility index (Phi) is 3.44. The molecule has 90 valence electrons. The summed E-state index contributed by atoms with van der Waals surface area (Å²) in [7, 11) is 1.56. The molecular weight excluding hydrogens is 221 g/mol. The molecule has 0 unspecified atom stereocenters. The predicted molar refractivity (Wildman–Crippen MR) is 62.4 cm³/mol. The number of benzene rings is 1. The molecular formula is C13H14FNO2. The number of hydrogen-bond donors (Lipinski definition) is 1. The van der Waals surface area contributed by atoms with E-state index in [9.17, 15) is 4.39 Å². The Balaban J connectivity index is 2.25. The van der Waals surface area contributed by atoms with Crippen LogP contribution in [-0.4, -0.2) is 7.11 Å². The molecule has 0 radical (unpaired) electrons. The van der Waals surface area contributed by atoms with E-state index in [-0.39, 0.29) is 5.82 Å². The Morgan fingerprint density at radius 2 is 2.00 bits per heavy atom. The number of nitrogens with two attached hydrogens (primary N) is 1. The molecule has 2 rings (SSSR count). The SMILES string of the molecule is COc1ccc(F)cc1Cc1ccc(CN)o1. The van der Waals surface area contributed by atoms with Crippen LogP contribution in [0.2, 0.25) is 0 Å². The van der Waals surface area contributed by atoms with E-state index < -0.39 is 0 Å². The molecule has 0 saturated heterocycles. The summed E-state index contributed by atoms with van der Waals surface area (Å²) in [5.74, 6) is 1.83. The van der Waals surface area contributed by atoms with Gasteiger partial charge in [-0.15, -0.1) is 0 Å². The van der Waals surface area contributed by atoms with Crippen LogP contribution in [0.1, 0.15) is 17.1 Å². The molecule has 0 aliphatic carbocycles. The Hall–Kier alpha value is -1.81. The van der Waals surface area contributed by atoms with Crippen LogP contribution < -0.4 is 10.5 Å². The first-order chi connectivity index (χ1) is 8.22. The highest BCUT2D eigenvalue weighted by molar-refractivity contribution is 5.36. The van der Waals surface area contributed by atoms with Crippen LogP contribution in [-0.2, 0) is 13.0 Å². The van der Waals surface area contributed by atoms with Gasteiger partial charge in [0.15, 0.2) is 0 Å². The summed E-state index contributed by atoms with van der Waals surface area (Å²) in [6.45, 7) is 0.361. The van der Waals surface area contributed by atoms with E-state index >= 15 is 0 Å². The van der Waals surface area contributed by atoms with Gasteiger partial charge in [0, 0.05) is 12.0 Å². The number of furan rings is 1. The number of methoxy groups -OCH3 is 1. The molecule has 0 atom stereocenters. The first-order valence-corrected chi connectivity index (χ1v) is 5.33. The van der Waals surface area contributed by atoms with E-state index in [0.29, 0.717) is 18.7 Å². The fourth-order valence-corrected chi connectivity index (χ4v) is 1.70. The number of rotatable bonds is 4. The summed E-state index contributed by atoms with van der Waals surface area (Å²) >= 11 is 0. The van der Waals surface area contributed by atoms with Crippen LogP contribution >= 0.6 is 0 Å². The van der Waals surface area contributed by atoms with E-state index in [1.807, 2.05) is 12.1 Å². The minimum Gasteiger partial charge on any atom is -0.496 e. The summed E-state index contributed by atoms with van der Waals surface area (Å²) in [5.41, 5.74) is 6.21. The molecule has 0 aliphatic heterocycles. The minimum absolute atomic E-state index is 0.286. The van der Waals surface area contributed by atoms with Gasteiger partial charge in [-0.05, 0) is 30.3 Å². The van der Waals surface area contributed by atoms with Gasteiger partial charge in [0.05, 0.1) is 13.7 Å². The lowest BCUT2D eigenvalue weighted by Gasteiger charge is -2.06. The monoisotopic (exact) mass is 235 g/mol. The molecule has 0 fully saturated rings. The van der Waals surface area contributed by atoms with E-state index in [4.69, 9.17) is 14.9 Å². The Bertz CT molecular complexity index is 508. The van der Waals surface area contributed by atoms with Crippen LogP contribution in [0.25, 0.3) is 0 Å². The smallest absolute Gasteiger partial charge is 0.123 e. The lowest BCUT2D eigenvalue weighted by molar-refractivity contribution is 0.406. The second kappa shape index (κ2) is 5.01. The molecule has 1 aromatic heterocycles. The number of hydrogen-bond acceptors (Lipinski definition) is 3. The summed E-state index contributed by atoms with van der Waals surface area (Å²) in [6, 6.07) is 8.09. The molecule has 0 saturated carbocycles. The zero-order chi connectivity index (χ0) is 12.3. The number of ether oxygens (including phenoxy) is 1. The maximum absolute atomic E-state index is 13.2. The van der Waals surface area contributed by atoms with Gasteiger partial charge in [-0.25, -0.2) is 4.39 Å². The minimum atomic E-state index is -0.286. The van der Waals surface area contributed by atoms with Gasteiger partial charge in [0.25, 0.3) is 0 Å². The molecule has 17 heavy (non-hydrogen) atoms. The summed E-state index contributed by atoms with van der Waals surface area (Å²) < 4.78 is 23.8. The van der Waals surface area contributed by atoms with Crippen molar-refractivity contribution in [3.8, 4) is 5.75 Å². The van der Waals surface area contributed by atoms with E-state index in [1.165, 1.54) is 12.1 Å². The fraction of sp³-hybridized carbons (Fsp3) is 0.231. The van der Waals surface area contributed by atoms with Crippen LogP contribution in [0, 0.1) is 5.82 Å². The molecule has 0 aliphatic rings. The van der Waals surface area contributed by atoms with Crippen molar-refractivity contribution in [3.05, 3.63) is 53.2 Å². The van der Waals surface area contributed by atoms with Gasteiger partial charge < -0.3 is 14.9 Å². The molecule has 2 aromatic rings. The van der Waals surface area contributed by atoms with Crippen molar-refractivity contribution < 1.29 is 13.5 Å². The van der Waals surface area contributed by atoms with Crippen LogP contribution in [0.5, 0.6) is 5.75 Å².